The first kappa shape index (κ1) is 118. The number of amides is 3. The first-order valence-electron chi connectivity index (χ1n) is 43.6. The van der Waals surface area contributed by atoms with Crippen LogP contribution < -0.4 is 46.6 Å². The van der Waals surface area contributed by atoms with Crippen molar-refractivity contribution in [3.8, 4) is 0 Å². The zero-order valence-electron chi connectivity index (χ0n) is 81.6. The van der Waals surface area contributed by atoms with Gasteiger partial charge in [0.15, 0.2) is 0 Å². The zero-order valence-corrected chi connectivity index (χ0v) is 81.6. The minimum Gasteiger partial charge on any atom is -0.365 e. The Morgan fingerprint density at radius 2 is 0.607 bits per heavy atom. The van der Waals surface area contributed by atoms with Crippen molar-refractivity contribution < 1.29 is 33.7 Å². The second kappa shape index (κ2) is 59.9. The van der Waals surface area contributed by atoms with Gasteiger partial charge in [-0.05, 0) is 200 Å². The molecule has 0 spiro atoms. The van der Waals surface area contributed by atoms with E-state index in [0.717, 1.165) is 85.2 Å². The number of carbonyl (C=O) groups excluding carboxylic acids is 3. The van der Waals surface area contributed by atoms with Gasteiger partial charge in [0.2, 0.25) is 11.8 Å². The molecule has 0 heterocycles. The van der Waals surface area contributed by atoms with Gasteiger partial charge in [-0.1, -0.05) is 142 Å². The van der Waals surface area contributed by atoms with Crippen LogP contribution in [0.4, 0.5) is 22.7 Å². The predicted octanol–water partition coefficient (Wildman–Crippen LogP) is 19.5. The van der Waals surface area contributed by atoms with Crippen molar-refractivity contribution in [1.29, 1.82) is 0 Å². The van der Waals surface area contributed by atoms with Crippen LogP contribution in [0.3, 0.4) is 0 Å². The largest absolute Gasteiger partial charge is 0.365 e. The number of anilines is 4. The average Bonchev–Trinajstić information content (AvgIpc) is 0.831. The molecule has 688 valence electrons. The Kier molecular flexibility index (Phi) is 58.1. The number of nitrogens with two attached hydrogens (primary N) is 1. The van der Waals surface area contributed by atoms with Crippen LogP contribution in [0.5, 0.6) is 0 Å². The molecule has 21 heteroatoms. The van der Waals surface area contributed by atoms with Crippen molar-refractivity contribution in [2.75, 3.05) is 120 Å². The molecule has 0 aliphatic carbocycles. The summed E-state index contributed by atoms with van der Waals surface area (Å²) < 4.78 is 21.2. The monoisotopic (exact) mass is 1690 g/mol. The minimum atomic E-state index is -0.863. The number of rotatable bonds is 45. The fourth-order valence-corrected chi connectivity index (χ4v) is 13.1. The predicted molar refractivity (Wildman–Crippen MR) is 530 cm³/mol. The summed E-state index contributed by atoms with van der Waals surface area (Å²) in [7, 11) is 8.96. The fourth-order valence-electron chi connectivity index (χ4n) is 13.1. The van der Waals surface area contributed by atoms with E-state index in [1.165, 1.54) is 67.2 Å². The summed E-state index contributed by atoms with van der Waals surface area (Å²) in [6, 6.07) is 33.2. The van der Waals surface area contributed by atoms with E-state index in [4.69, 9.17) is 10.8 Å². The van der Waals surface area contributed by atoms with Gasteiger partial charge in [0, 0.05) is 68.4 Å². The van der Waals surface area contributed by atoms with Gasteiger partial charge in [0.05, 0.1) is 23.2 Å². The van der Waals surface area contributed by atoms with Crippen molar-refractivity contribution in [2.45, 2.75) is 295 Å². The van der Waals surface area contributed by atoms with E-state index >= 15 is 0 Å². The topological polar surface area (TPSA) is 219 Å². The molecule has 3 amide bonds. The Bertz CT molecular complexity index is 3760. The van der Waals surface area contributed by atoms with Crippen LogP contribution >= 0.6 is 0 Å². The molecule has 0 unspecified atom stereocenters. The molecule has 0 radical (unpaired) electrons. The summed E-state index contributed by atoms with van der Waals surface area (Å²) in [6.45, 7) is 70.1. The number of hydrogen-bond donors (Lipinski definition) is 6. The molecule has 0 saturated carbocycles. The van der Waals surface area contributed by atoms with Gasteiger partial charge in [-0.3, -0.25) is 14.5 Å². The second-order valence-corrected chi connectivity index (χ2v) is 38.8. The molecule has 4 atom stereocenters. The summed E-state index contributed by atoms with van der Waals surface area (Å²) in [6.07, 6.45) is 14.5. The number of hydrogen-bond acceptors (Lipinski definition) is 15. The zero-order chi connectivity index (χ0) is 92.2. The third kappa shape index (κ3) is 54.1. The molecule has 7 N–H and O–H groups in total. The van der Waals surface area contributed by atoms with Gasteiger partial charge in [-0.25, -0.2) is 0 Å². The summed E-state index contributed by atoms with van der Waals surface area (Å²) in [5, 5.41) is 21.9. The van der Waals surface area contributed by atoms with Gasteiger partial charge < -0.3 is 36.4 Å². The van der Waals surface area contributed by atoms with Crippen LogP contribution in [0, 0.1) is 51.4 Å². The van der Waals surface area contributed by atoms with E-state index in [9.17, 15) is 28.6 Å². The molecule has 4 rings (SSSR count). The minimum absolute atomic E-state index is 0. The molecule has 122 heavy (non-hydrogen) atoms. The molecule has 4 aromatic rings. The van der Waals surface area contributed by atoms with Gasteiger partial charge in [-0.15, -0.1) is 0 Å². The number of aliphatic carboxylic acids is 1. The number of benzene rings is 4. The third-order valence-electron chi connectivity index (χ3n) is 19.7. The number of allylic oxidation sites excluding steroid dienone is 5. The van der Waals surface area contributed by atoms with Crippen LogP contribution in [0.2, 0.25) is 0 Å². The fraction of sp³-hybridized carbons (Fsp3) is 0.624. The molecule has 0 bridgehead atoms. The van der Waals surface area contributed by atoms with E-state index < -0.39 is 17.6 Å². The Balaban J connectivity index is -0.00000149. The van der Waals surface area contributed by atoms with Crippen LogP contribution in [0.15, 0.2) is 155 Å². The maximum atomic E-state index is 13.4. The van der Waals surface area contributed by atoms with Crippen LogP contribution in [-0.4, -0.2) is 204 Å². The quantitative estimate of drug-likeness (QED) is 0.0179. The van der Waals surface area contributed by atoms with Gasteiger partial charge >= 0.3 is 255 Å². The molecular weight excluding hydrogens is 1510 g/mol. The summed E-state index contributed by atoms with van der Waals surface area (Å²) in [5.41, 5.74) is 21.0. The van der Waals surface area contributed by atoms with Crippen molar-refractivity contribution >= 4 is 60.7 Å². The Labute approximate surface area is 747 Å². The Hall–Kier alpha value is -7.81. The standard InChI is InChI=1S/C28H47N3O.C24H40BN3O2.C23H39N3O.C16H26N2.C8H16BNO3.2CH4/c1-21(2)15-17-30(10)26(19-23(5)6)27(32)29-28(8,9)20-31(18-16-22(3)4)25-13-11-24(7)12-14-25;1-18(2)13-14-28(21-11-9-20(5)10-12-21)16-24(6,7)26-23(29)22(15-19(3)4)27(8)17-25-30;1-17(2)13-14-26(20-11-9-19(5)10-12-20)16-23(6,7)25-22(27)21(24-8)15-18(3)4;1-13(2)10-11-18(12-16(4,5)17)15-8-6-14(3)7-9-15;1-6(2)4-7(8(11)12)10(3)5-9-13;;/h11-16,23,26H,17-20H2,1-10H3,(H,29,32);9-13,19,22H,14-17H2,1-8H3,(H,26,29);9-13,18,21,24H,14-16H2,1-8H3,(H,25,27);6-10H,11-12,17H2,1-5H3;6-7H,4-5H2,1-3H3,(H,11,12);2*1H4/t26-;22-;21-;;7-;;/m000.0../s1. The molecular formula is C101H176B2N12O7. The molecule has 4 aromatic carbocycles. The smallest absolute Gasteiger partial charge is 0.237 e. The van der Waals surface area contributed by atoms with Crippen LogP contribution in [0.1, 0.15) is 243 Å². The summed E-state index contributed by atoms with van der Waals surface area (Å²) >= 11 is 0. The van der Waals surface area contributed by atoms with Crippen LogP contribution in [-0.2, 0) is 28.6 Å². The molecule has 0 aliphatic rings. The maximum absolute atomic E-state index is 13.4. The number of carboxylic acids is 1. The van der Waals surface area contributed by atoms with Crippen molar-refractivity contribution in [3.63, 3.8) is 0 Å². The number of aryl methyl sites for hydroxylation is 4. The Morgan fingerprint density at radius 1 is 0.377 bits per heavy atom. The van der Waals surface area contributed by atoms with Gasteiger partial charge in [0.25, 0.3) is 0 Å². The van der Waals surface area contributed by atoms with E-state index in [1.54, 1.807) is 11.9 Å². The number of likely N-dealkylation sites (N-methyl/N-ethyl adjacent to an activating group) is 4. The molecule has 19 nitrogen and oxygen atoms in total. The first-order valence-corrected chi connectivity index (χ1v) is 43.6. The van der Waals surface area contributed by atoms with E-state index in [-0.39, 0.29) is 80.2 Å². The van der Waals surface area contributed by atoms with Crippen LogP contribution in [0.25, 0.3) is 0 Å². The number of carbonyl (C=O) groups is 4. The number of carboxylic acid groups (broad SMARTS) is 1. The molecule has 0 fully saturated rings. The van der Waals surface area contributed by atoms with Gasteiger partial charge in [-0.2, -0.15) is 0 Å². The van der Waals surface area contributed by atoms with Crippen molar-refractivity contribution in [3.05, 3.63) is 178 Å². The molecule has 0 saturated heterocycles. The first-order chi connectivity index (χ1) is 55.5. The third-order valence-corrected chi connectivity index (χ3v) is 19.7. The van der Waals surface area contributed by atoms with E-state index in [1.807, 2.05) is 39.9 Å². The van der Waals surface area contributed by atoms with Gasteiger partial charge in [0.1, 0.15) is 0 Å². The summed E-state index contributed by atoms with van der Waals surface area (Å²) in [5.74, 6) is 0.890. The SMILES string of the molecule is C.C.CC(C)=CCN(CC(C)(C)N)c1ccc(C)cc1.CC(C)=CCN(CC(C)(C)NC(=O)[C@H](CC(C)C)N(C)CB=O)c1ccc(C)cc1.CC(C)=CCN(CC(C)(C)NC(=O)[C@H](CC(C)C)N(C)CC=C(C)C)c1ccc(C)cc1.CC(C)C[C@@H](C(=O)O)N(C)CB=O.CN[C@@H](CC(C)C)C(=O)NC(C)(C)CN(CC=C(C)C)c1ccc(C)cc1. The van der Waals surface area contributed by atoms with Crippen molar-refractivity contribution in [2.24, 2.45) is 29.4 Å². The molecule has 0 aliphatic heterocycles. The van der Waals surface area contributed by atoms with Crippen molar-refractivity contribution in [1.82, 2.24) is 36.0 Å². The van der Waals surface area contributed by atoms with E-state index in [0.29, 0.717) is 43.1 Å². The normalized spacial score (nSPS) is 12.2. The summed E-state index contributed by atoms with van der Waals surface area (Å²) in [4.78, 5) is 64.9. The Morgan fingerprint density at radius 3 is 0.836 bits per heavy atom. The van der Waals surface area contributed by atoms with E-state index in [2.05, 4.69) is 367 Å². The average molecular weight is 1690 g/mol. The number of nitrogens with one attached hydrogen (secondary N) is 4. The maximum Gasteiger partial charge on any atom is 0.237 e. The second-order valence-electron chi connectivity index (χ2n) is 38.8. The number of nitrogens with zero attached hydrogens (tertiary/aromatic N) is 7. The molecule has 0 aromatic heterocycles.